The second-order valence-corrected chi connectivity index (χ2v) is 12.3. The molecular weight excluding hydrogens is 629 g/mol. The Morgan fingerprint density at radius 1 is 0.949 bits per heavy atom. The first-order valence-corrected chi connectivity index (χ1v) is 15.1. The summed E-state index contributed by atoms with van der Waals surface area (Å²) in [5.41, 5.74) is 1.13. The van der Waals surface area contributed by atoms with Crippen LogP contribution in [-0.4, -0.2) is 50.9 Å². The Morgan fingerprint density at radius 3 is 2.13 bits per heavy atom. The fourth-order valence-corrected chi connectivity index (χ4v) is 5.63. The zero-order valence-corrected chi connectivity index (χ0v) is 25.5. The quantitative estimate of drug-likeness (QED) is 0.281. The minimum atomic E-state index is -4.08. The average molecular weight is 664 g/mol. The van der Waals surface area contributed by atoms with Crippen molar-refractivity contribution in [3.8, 4) is 5.75 Å². The van der Waals surface area contributed by atoms with Gasteiger partial charge in [0.1, 0.15) is 18.3 Å². The number of sulfonamides is 1. The average Bonchev–Trinajstić information content (AvgIpc) is 2.95. The smallest absolute Gasteiger partial charge is 0.264 e. The summed E-state index contributed by atoms with van der Waals surface area (Å²) >= 11 is 2.14. The lowest BCUT2D eigenvalue weighted by Gasteiger charge is -2.32. The van der Waals surface area contributed by atoms with E-state index in [1.54, 1.807) is 68.6 Å². The van der Waals surface area contributed by atoms with E-state index in [9.17, 15) is 18.0 Å². The summed E-state index contributed by atoms with van der Waals surface area (Å²) in [6.07, 6.45) is 0.737. The lowest BCUT2D eigenvalue weighted by Crippen LogP contribution is -2.52. The van der Waals surface area contributed by atoms with Gasteiger partial charge in [0.05, 0.1) is 17.7 Å². The summed E-state index contributed by atoms with van der Waals surface area (Å²) in [6.45, 7) is 5.15. The van der Waals surface area contributed by atoms with Crippen LogP contribution in [0.5, 0.6) is 5.75 Å². The first-order valence-electron chi connectivity index (χ1n) is 12.6. The van der Waals surface area contributed by atoms with E-state index in [1.807, 2.05) is 26.0 Å². The van der Waals surface area contributed by atoms with Crippen molar-refractivity contribution in [2.45, 2.75) is 50.7 Å². The van der Waals surface area contributed by atoms with Crippen molar-refractivity contribution < 1.29 is 22.7 Å². The Hall–Kier alpha value is -3.12. The number of carbonyl (C=O) groups excluding carboxylic acids is 2. The molecule has 0 fully saturated rings. The van der Waals surface area contributed by atoms with Crippen molar-refractivity contribution in [3.05, 3.63) is 88.0 Å². The maximum absolute atomic E-state index is 13.9. The molecule has 0 unspecified atom stereocenters. The Labute approximate surface area is 244 Å². The second kappa shape index (κ2) is 13.8. The van der Waals surface area contributed by atoms with Crippen LogP contribution >= 0.6 is 22.6 Å². The van der Waals surface area contributed by atoms with Gasteiger partial charge in [0.2, 0.25) is 11.8 Å². The van der Waals surface area contributed by atoms with E-state index in [2.05, 4.69) is 27.9 Å². The zero-order valence-electron chi connectivity index (χ0n) is 22.5. The minimum absolute atomic E-state index is 0.0698. The molecule has 39 heavy (non-hydrogen) atoms. The van der Waals surface area contributed by atoms with Gasteiger partial charge >= 0.3 is 0 Å². The van der Waals surface area contributed by atoms with Crippen LogP contribution in [0.25, 0.3) is 0 Å². The molecule has 0 aliphatic heterocycles. The maximum Gasteiger partial charge on any atom is 0.264 e. The topological polar surface area (TPSA) is 96.0 Å². The largest absolute Gasteiger partial charge is 0.497 e. The van der Waals surface area contributed by atoms with Crippen molar-refractivity contribution in [1.82, 2.24) is 10.2 Å². The van der Waals surface area contributed by atoms with Crippen LogP contribution in [0.15, 0.2) is 83.8 Å². The summed E-state index contributed by atoms with van der Waals surface area (Å²) in [4.78, 5) is 28.5. The predicted molar refractivity (Wildman–Crippen MR) is 161 cm³/mol. The number of ether oxygens (including phenoxy) is 1. The van der Waals surface area contributed by atoms with Crippen LogP contribution in [0.2, 0.25) is 0 Å². The lowest BCUT2D eigenvalue weighted by atomic mass is 10.1. The molecule has 0 spiro atoms. The number of hydrogen-bond donors (Lipinski definition) is 1. The molecule has 0 heterocycles. The molecule has 208 valence electrons. The highest BCUT2D eigenvalue weighted by molar-refractivity contribution is 14.1. The Morgan fingerprint density at radius 2 is 1.56 bits per heavy atom. The van der Waals surface area contributed by atoms with Crippen LogP contribution < -0.4 is 14.4 Å². The Kier molecular flexibility index (Phi) is 10.8. The van der Waals surface area contributed by atoms with E-state index in [-0.39, 0.29) is 23.4 Å². The van der Waals surface area contributed by atoms with Crippen molar-refractivity contribution in [1.29, 1.82) is 0 Å². The van der Waals surface area contributed by atoms with Crippen molar-refractivity contribution >= 4 is 50.1 Å². The number of anilines is 1. The fourth-order valence-electron chi connectivity index (χ4n) is 3.83. The third kappa shape index (κ3) is 7.95. The van der Waals surface area contributed by atoms with Crippen molar-refractivity contribution in [2.24, 2.45) is 0 Å². The monoisotopic (exact) mass is 663 g/mol. The number of nitrogens with one attached hydrogen (secondary N) is 1. The third-order valence-electron chi connectivity index (χ3n) is 6.40. The van der Waals surface area contributed by atoms with E-state index < -0.39 is 28.5 Å². The molecule has 2 atom stereocenters. The van der Waals surface area contributed by atoms with Crippen LogP contribution in [0.3, 0.4) is 0 Å². The number of halogens is 1. The van der Waals surface area contributed by atoms with E-state index >= 15 is 0 Å². The minimum Gasteiger partial charge on any atom is -0.497 e. The standard InChI is InChI=1S/C29H34IN3O5S/c1-5-21(2)31-29(35)22(3)32(19-23-11-17-26(38-4)18-12-23)28(34)20-33(25-15-13-24(30)14-16-25)39(36,37)27-9-7-6-8-10-27/h6-18,21-22H,5,19-20H2,1-4H3,(H,31,35)/t21-,22+/m1/s1. The summed E-state index contributed by atoms with van der Waals surface area (Å²) in [6, 6.07) is 21.2. The van der Waals surface area contributed by atoms with Gasteiger partial charge in [-0.3, -0.25) is 13.9 Å². The molecule has 0 saturated carbocycles. The molecule has 0 aliphatic rings. The van der Waals surface area contributed by atoms with Gasteiger partial charge in [-0.05, 0) is 97.0 Å². The van der Waals surface area contributed by atoms with E-state index in [4.69, 9.17) is 4.74 Å². The Balaban J connectivity index is 2.00. The molecule has 0 aliphatic carbocycles. The molecule has 0 radical (unpaired) electrons. The van der Waals surface area contributed by atoms with Crippen LogP contribution in [0, 0.1) is 3.57 Å². The summed E-state index contributed by atoms with van der Waals surface area (Å²) in [5, 5.41) is 2.93. The number of nitrogens with zero attached hydrogens (tertiary/aromatic N) is 2. The number of carbonyl (C=O) groups is 2. The predicted octanol–water partition coefficient (Wildman–Crippen LogP) is 4.83. The molecule has 0 aromatic heterocycles. The van der Waals surface area contributed by atoms with E-state index in [1.165, 1.54) is 17.0 Å². The van der Waals surface area contributed by atoms with Crippen molar-refractivity contribution in [2.75, 3.05) is 18.0 Å². The van der Waals surface area contributed by atoms with Crippen LogP contribution in [0.4, 0.5) is 5.69 Å². The zero-order chi connectivity index (χ0) is 28.6. The summed E-state index contributed by atoms with van der Waals surface area (Å²) in [5.74, 6) is -0.147. The second-order valence-electron chi connectivity index (χ2n) is 9.16. The molecule has 3 aromatic carbocycles. The van der Waals surface area contributed by atoms with Crippen LogP contribution in [-0.2, 0) is 26.2 Å². The van der Waals surface area contributed by atoms with Crippen LogP contribution in [0.1, 0.15) is 32.8 Å². The van der Waals surface area contributed by atoms with Gasteiger partial charge in [-0.15, -0.1) is 0 Å². The van der Waals surface area contributed by atoms with Gasteiger partial charge in [0.15, 0.2) is 0 Å². The van der Waals surface area contributed by atoms with Gasteiger partial charge in [-0.1, -0.05) is 37.3 Å². The van der Waals surface area contributed by atoms with Gasteiger partial charge in [0.25, 0.3) is 10.0 Å². The van der Waals surface area contributed by atoms with Gasteiger partial charge in [-0.25, -0.2) is 8.42 Å². The molecular formula is C29H34IN3O5S. The molecule has 2 amide bonds. The molecule has 0 bridgehead atoms. The number of methoxy groups -OCH3 is 1. The SMILES string of the molecule is CC[C@@H](C)NC(=O)[C@H](C)N(Cc1ccc(OC)cc1)C(=O)CN(c1ccc(I)cc1)S(=O)(=O)c1ccccc1. The Bertz CT molecular complexity index is 1350. The van der Waals surface area contributed by atoms with E-state index in [0.717, 1.165) is 19.9 Å². The number of amides is 2. The maximum atomic E-state index is 13.9. The van der Waals surface area contributed by atoms with Gasteiger partial charge in [-0.2, -0.15) is 0 Å². The first-order chi connectivity index (χ1) is 18.6. The molecule has 10 heteroatoms. The molecule has 3 aromatic rings. The first kappa shape index (κ1) is 30.4. The summed E-state index contributed by atoms with van der Waals surface area (Å²) < 4.78 is 34.8. The number of hydrogen-bond acceptors (Lipinski definition) is 5. The molecule has 8 nitrogen and oxygen atoms in total. The van der Waals surface area contributed by atoms with Gasteiger partial charge in [0, 0.05) is 16.2 Å². The highest BCUT2D eigenvalue weighted by Crippen LogP contribution is 2.25. The van der Waals surface area contributed by atoms with E-state index in [0.29, 0.717) is 11.4 Å². The number of benzene rings is 3. The normalized spacial score (nSPS) is 12.7. The molecule has 0 saturated heterocycles. The molecule has 3 rings (SSSR count). The lowest BCUT2D eigenvalue weighted by molar-refractivity contribution is -0.139. The highest BCUT2D eigenvalue weighted by atomic mass is 127. The molecule has 1 N–H and O–H groups in total. The van der Waals surface area contributed by atoms with Crippen molar-refractivity contribution in [3.63, 3.8) is 0 Å². The highest BCUT2D eigenvalue weighted by Gasteiger charge is 2.32. The van der Waals surface area contributed by atoms with Gasteiger partial charge < -0.3 is 15.0 Å². The third-order valence-corrected chi connectivity index (χ3v) is 8.91. The summed E-state index contributed by atoms with van der Waals surface area (Å²) in [7, 11) is -2.51. The number of rotatable bonds is 12. The fraction of sp³-hybridized carbons (Fsp3) is 0.310.